The van der Waals surface area contributed by atoms with Crippen LogP contribution in [0.25, 0.3) is 17.1 Å². The number of aromatic nitrogens is 2. The third-order valence-corrected chi connectivity index (χ3v) is 6.58. The zero-order valence-corrected chi connectivity index (χ0v) is 19.2. The van der Waals surface area contributed by atoms with Crippen LogP contribution in [0.1, 0.15) is 21.5 Å². The molecule has 1 aliphatic heterocycles. The third-order valence-electron chi connectivity index (χ3n) is 4.97. The molecule has 0 bridgehead atoms. The summed E-state index contributed by atoms with van der Waals surface area (Å²) < 4.78 is 3.31. The second kappa shape index (κ2) is 7.99. The maximum absolute atomic E-state index is 12.9. The van der Waals surface area contributed by atoms with E-state index in [1.165, 1.54) is 0 Å². The van der Waals surface area contributed by atoms with Crippen molar-refractivity contribution < 1.29 is 9.59 Å². The number of hydrazine groups is 1. The lowest BCUT2D eigenvalue weighted by atomic mass is 10.1. The number of nitrogens with zero attached hydrogens (tertiary/aromatic N) is 3. The number of imidazole rings is 1. The van der Waals surface area contributed by atoms with E-state index < -0.39 is 11.8 Å². The summed E-state index contributed by atoms with van der Waals surface area (Å²) in [6, 6.07) is 10.5. The van der Waals surface area contributed by atoms with E-state index in [2.05, 4.69) is 5.43 Å². The molecule has 158 valence electrons. The molecule has 2 aromatic carbocycles. The summed E-state index contributed by atoms with van der Waals surface area (Å²) in [6.07, 6.45) is 1.68. The van der Waals surface area contributed by atoms with Gasteiger partial charge in [0.2, 0.25) is 0 Å². The highest BCUT2D eigenvalue weighted by molar-refractivity contribution is 8.26. The quantitative estimate of drug-likeness (QED) is 0.467. The Morgan fingerprint density at radius 1 is 1.10 bits per heavy atom. The van der Waals surface area contributed by atoms with Crippen LogP contribution in [0.3, 0.4) is 0 Å². The first-order valence-corrected chi connectivity index (χ1v) is 10.8. The number of aryl methyl sites for hydroxylation is 3. The van der Waals surface area contributed by atoms with Crippen LogP contribution >= 0.6 is 35.6 Å². The second-order valence-corrected chi connectivity index (χ2v) is 9.17. The lowest BCUT2D eigenvalue weighted by Crippen LogP contribution is -2.44. The zero-order valence-electron chi connectivity index (χ0n) is 16.8. The predicted octanol–water partition coefficient (Wildman–Crippen LogP) is 3.39. The van der Waals surface area contributed by atoms with Crippen LogP contribution < -0.4 is 11.1 Å². The first-order valence-electron chi connectivity index (χ1n) is 9.18. The number of amides is 2. The molecule has 1 aromatic heterocycles. The molecule has 1 aliphatic rings. The van der Waals surface area contributed by atoms with E-state index in [1.807, 2.05) is 25.1 Å². The summed E-state index contributed by atoms with van der Waals surface area (Å²) >= 11 is 12.5. The summed E-state index contributed by atoms with van der Waals surface area (Å²) in [6.45, 7) is 1.87. The molecule has 2 heterocycles. The Hall–Kier alpha value is -2.88. The number of nitrogens with one attached hydrogen (secondary N) is 1. The SMILES string of the molecule is Cc1ccc(C(=O)NN2C(=O)/C(=C\c3ccc4c(c3)n(C)c(=O)n4C)SC2=S)c(Cl)c1. The summed E-state index contributed by atoms with van der Waals surface area (Å²) in [5.74, 6) is -0.961. The monoisotopic (exact) mass is 472 g/mol. The Balaban J connectivity index is 1.60. The van der Waals surface area contributed by atoms with Gasteiger partial charge < -0.3 is 0 Å². The first-order chi connectivity index (χ1) is 14.7. The fourth-order valence-electron chi connectivity index (χ4n) is 3.30. The number of hydrogen-bond acceptors (Lipinski definition) is 5. The van der Waals surface area contributed by atoms with Crippen LogP contribution in [-0.2, 0) is 18.9 Å². The smallest absolute Gasteiger partial charge is 0.295 e. The van der Waals surface area contributed by atoms with Crippen molar-refractivity contribution in [2.45, 2.75) is 6.92 Å². The van der Waals surface area contributed by atoms with Crippen LogP contribution in [0, 0.1) is 6.92 Å². The van der Waals surface area contributed by atoms with Crippen molar-refractivity contribution in [3.8, 4) is 0 Å². The number of thiocarbonyl (C=S) groups is 1. The molecule has 7 nitrogen and oxygen atoms in total. The van der Waals surface area contributed by atoms with Gasteiger partial charge in [-0.15, -0.1) is 0 Å². The summed E-state index contributed by atoms with van der Waals surface area (Å²) in [5.41, 5.74) is 5.85. The number of thioether (sulfide) groups is 1. The van der Waals surface area contributed by atoms with Crippen LogP contribution in [0.2, 0.25) is 5.02 Å². The molecule has 0 atom stereocenters. The number of hydrogen-bond donors (Lipinski definition) is 1. The van der Waals surface area contributed by atoms with Gasteiger partial charge in [0.05, 0.1) is 26.5 Å². The van der Waals surface area contributed by atoms with Gasteiger partial charge in [0.25, 0.3) is 11.8 Å². The van der Waals surface area contributed by atoms with Crippen molar-refractivity contribution in [3.63, 3.8) is 0 Å². The minimum atomic E-state index is -0.525. The fourth-order valence-corrected chi connectivity index (χ4v) is 4.80. The van der Waals surface area contributed by atoms with E-state index in [-0.39, 0.29) is 15.6 Å². The van der Waals surface area contributed by atoms with Crippen LogP contribution in [-0.4, -0.2) is 30.3 Å². The molecule has 31 heavy (non-hydrogen) atoms. The first kappa shape index (κ1) is 21.4. The number of rotatable bonds is 3. The highest BCUT2D eigenvalue weighted by Crippen LogP contribution is 2.32. The molecule has 10 heteroatoms. The molecule has 1 N–H and O–H groups in total. The van der Waals surface area contributed by atoms with Gasteiger partial charge in [-0.3, -0.25) is 24.1 Å². The zero-order chi connectivity index (χ0) is 22.4. The van der Waals surface area contributed by atoms with Crippen molar-refractivity contribution in [1.82, 2.24) is 19.6 Å². The van der Waals surface area contributed by atoms with Gasteiger partial charge in [0.1, 0.15) is 0 Å². The summed E-state index contributed by atoms with van der Waals surface area (Å²) in [7, 11) is 3.40. The van der Waals surface area contributed by atoms with E-state index in [4.69, 9.17) is 23.8 Å². The van der Waals surface area contributed by atoms with Crippen LogP contribution in [0.4, 0.5) is 0 Å². The highest BCUT2D eigenvalue weighted by atomic mass is 35.5. The molecule has 0 unspecified atom stereocenters. The van der Waals surface area contributed by atoms with Crippen molar-refractivity contribution in [2.75, 3.05) is 0 Å². The molecule has 0 radical (unpaired) electrons. The van der Waals surface area contributed by atoms with E-state index in [9.17, 15) is 14.4 Å². The van der Waals surface area contributed by atoms with Gasteiger partial charge in [0, 0.05) is 14.1 Å². The van der Waals surface area contributed by atoms with Gasteiger partial charge in [-0.1, -0.05) is 35.5 Å². The van der Waals surface area contributed by atoms with Crippen LogP contribution in [0.5, 0.6) is 0 Å². The number of halogens is 1. The Morgan fingerprint density at radius 2 is 1.81 bits per heavy atom. The largest absolute Gasteiger partial charge is 0.328 e. The molecule has 2 amide bonds. The number of carbonyl (C=O) groups excluding carboxylic acids is 2. The maximum Gasteiger partial charge on any atom is 0.328 e. The van der Waals surface area contributed by atoms with Gasteiger partial charge in [-0.25, -0.2) is 4.79 Å². The minimum absolute atomic E-state index is 0.129. The van der Waals surface area contributed by atoms with Gasteiger partial charge >= 0.3 is 5.69 Å². The molecule has 3 aromatic rings. The van der Waals surface area contributed by atoms with Gasteiger partial charge in [0.15, 0.2) is 4.32 Å². The van der Waals surface area contributed by atoms with E-state index in [0.29, 0.717) is 9.93 Å². The second-order valence-electron chi connectivity index (χ2n) is 7.09. The normalized spacial score (nSPS) is 15.4. The van der Waals surface area contributed by atoms with Crippen molar-refractivity contribution in [1.29, 1.82) is 0 Å². The predicted molar refractivity (Wildman–Crippen MR) is 127 cm³/mol. The van der Waals surface area contributed by atoms with E-state index in [1.54, 1.807) is 47.5 Å². The number of fused-ring (bicyclic) bond motifs is 1. The average Bonchev–Trinajstić information content (AvgIpc) is 3.10. The van der Waals surface area contributed by atoms with Crippen LogP contribution in [0.15, 0.2) is 46.1 Å². The van der Waals surface area contributed by atoms with Gasteiger partial charge in [-0.05, 0) is 60.6 Å². The molecule has 4 rings (SSSR count). The maximum atomic E-state index is 12.9. The van der Waals surface area contributed by atoms with Crippen molar-refractivity contribution in [3.05, 3.63) is 73.5 Å². The Kier molecular flexibility index (Phi) is 5.50. The molecule has 0 aliphatic carbocycles. The molecule has 0 saturated carbocycles. The molecule has 1 fully saturated rings. The lowest BCUT2D eigenvalue weighted by molar-refractivity contribution is -0.123. The Labute approximate surface area is 192 Å². The average molecular weight is 473 g/mol. The number of carbonyl (C=O) groups is 2. The Morgan fingerprint density at radius 3 is 2.52 bits per heavy atom. The molecular weight excluding hydrogens is 456 g/mol. The van der Waals surface area contributed by atoms with Crippen molar-refractivity contribution in [2.24, 2.45) is 14.1 Å². The van der Waals surface area contributed by atoms with Crippen molar-refractivity contribution >= 4 is 68.8 Å². The topological polar surface area (TPSA) is 76.3 Å². The standard InChI is InChI=1S/C21H17ClN4O3S2/c1-11-4-6-13(14(22)8-11)18(27)23-26-19(28)17(31-21(26)30)10-12-5-7-15-16(9-12)25(3)20(29)24(15)2/h4-10H,1-3H3,(H,23,27)/b17-10+. The van der Waals surface area contributed by atoms with E-state index in [0.717, 1.165) is 38.9 Å². The third kappa shape index (κ3) is 3.80. The van der Waals surface area contributed by atoms with E-state index >= 15 is 0 Å². The molecule has 0 spiro atoms. The summed E-state index contributed by atoms with van der Waals surface area (Å²) in [4.78, 5) is 37.9. The fraction of sp³-hybridized carbons (Fsp3) is 0.143. The minimum Gasteiger partial charge on any atom is -0.295 e. The Bertz CT molecular complexity index is 1370. The number of benzene rings is 2. The molecule has 1 saturated heterocycles. The summed E-state index contributed by atoms with van der Waals surface area (Å²) in [5, 5.41) is 1.33. The highest BCUT2D eigenvalue weighted by Gasteiger charge is 2.34. The van der Waals surface area contributed by atoms with Gasteiger partial charge in [-0.2, -0.15) is 5.01 Å². The lowest BCUT2D eigenvalue weighted by Gasteiger charge is -2.16. The molecular formula is C21H17ClN4O3S2.